The lowest BCUT2D eigenvalue weighted by Crippen LogP contribution is -2.56. The fourth-order valence-corrected chi connectivity index (χ4v) is 4.43. The first-order chi connectivity index (χ1) is 13.5. The third-order valence-electron chi connectivity index (χ3n) is 5.70. The van der Waals surface area contributed by atoms with Crippen molar-refractivity contribution in [1.29, 1.82) is 0 Å². The smallest absolute Gasteiger partial charge is 0.357 e. The average Bonchev–Trinajstić information content (AvgIpc) is 2.67. The highest BCUT2D eigenvalue weighted by molar-refractivity contribution is 14.0. The molecular formula is C21H32F3IN4. The van der Waals surface area contributed by atoms with Crippen LogP contribution >= 0.6 is 24.0 Å². The SMILES string of the molecule is CCNC(=NCCC(F)(F)F)N1CCC2C(CCCN2Cc2ccccc2)C1.I. The summed E-state index contributed by atoms with van der Waals surface area (Å²) in [6.07, 6.45) is -1.65. The quantitative estimate of drug-likeness (QED) is 0.350. The Morgan fingerprint density at radius 3 is 2.62 bits per heavy atom. The lowest BCUT2D eigenvalue weighted by Gasteiger charge is -2.48. The van der Waals surface area contributed by atoms with Crippen molar-refractivity contribution in [1.82, 2.24) is 15.1 Å². The zero-order chi connectivity index (χ0) is 20.0. The number of fused-ring (bicyclic) bond motifs is 1. The molecule has 1 aromatic carbocycles. The molecule has 29 heavy (non-hydrogen) atoms. The van der Waals surface area contributed by atoms with Crippen molar-refractivity contribution in [3.05, 3.63) is 35.9 Å². The van der Waals surface area contributed by atoms with Crippen LogP contribution in [0, 0.1) is 5.92 Å². The van der Waals surface area contributed by atoms with Crippen LogP contribution in [0.3, 0.4) is 0 Å². The third kappa shape index (κ3) is 7.31. The summed E-state index contributed by atoms with van der Waals surface area (Å²) in [5.41, 5.74) is 1.34. The van der Waals surface area contributed by atoms with E-state index in [2.05, 4.69) is 44.4 Å². The zero-order valence-electron chi connectivity index (χ0n) is 17.0. The number of benzene rings is 1. The maximum absolute atomic E-state index is 12.5. The van der Waals surface area contributed by atoms with Crippen LogP contribution in [0.15, 0.2) is 35.3 Å². The molecular weight excluding hydrogens is 492 g/mol. The lowest BCUT2D eigenvalue weighted by molar-refractivity contribution is -0.132. The number of piperidine rings is 2. The molecule has 164 valence electrons. The molecule has 2 aliphatic rings. The molecule has 2 atom stereocenters. The van der Waals surface area contributed by atoms with E-state index in [0.29, 0.717) is 24.5 Å². The molecule has 0 aliphatic carbocycles. The second-order valence-electron chi connectivity index (χ2n) is 7.76. The number of rotatable bonds is 5. The first-order valence-electron chi connectivity index (χ1n) is 10.3. The maximum atomic E-state index is 12.5. The third-order valence-corrected chi connectivity index (χ3v) is 5.70. The highest BCUT2D eigenvalue weighted by Gasteiger charge is 2.36. The van der Waals surface area contributed by atoms with Gasteiger partial charge in [0.05, 0.1) is 13.0 Å². The van der Waals surface area contributed by atoms with Crippen LogP contribution in [0.4, 0.5) is 13.2 Å². The Hall–Kier alpha value is -1.03. The minimum atomic E-state index is -4.16. The van der Waals surface area contributed by atoms with Gasteiger partial charge in [-0.3, -0.25) is 9.89 Å². The van der Waals surface area contributed by atoms with Crippen molar-refractivity contribution in [2.24, 2.45) is 10.9 Å². The molecule has 0 spiro atoms. The number of aliphatic imine (C=N–C) groups is 1. The predicted octanol–water partition coefficient (Wildman–Crippen LogP) is 4.51. The molecule has 0 saturated carbocycles. The Balaban J connectivity index is 0.00000300. The van der Waals surface area contributed by atoms with Crippen molar-refractivity contribution in [3.63, 3.8) is 0 Å². The number of likely N-dealkylation sites (tertiary alicyclic amines) is 2. The summed E-state index contributed by atoms with van der Waals surface area (Å²) in [6.45, 7) is 6.20. The number of nitrogens with zero attached hydrogens (tertiary/aromatic N) is 3. The standard InChI is InChI=1S/C21H31F3N4.HI/c1-2-25-20(26-12-11-21(22,23)24)28-14-10-19-18(16-28)9-6-13-27(19)15-17-7-4-3-5-8-17;/h3-5,7-8,18-19H,2,6,9-16H2,1H3,(H,25,26);1H. The second kappa shape index (κ2) is 11.4. The molecule has 0 aromatic heterocycles. The number of guanidine groups is 1. The van der Waals surface area contributed by atoms with E-state index in [0.717, 1.165) is 32.6 Å². The van der Waals surface area contributed by atoms with Gasteiger partial charge in [0.2, 0.25) is 0 Å². The molecule has 0 bridgehead atoms. The van der Waals surface area contributed by atoms with Crippen LogP contribution in [0.5, 0.6) is 0 Å². The molecule has 4 nitrogen and oxygen atoms in total. The van der Waals surface area contributed by atoms with Gasteiger partial charge in [0, 0.05) is 32.2 Å². The summed E-state index contributed by atoms with van der Waals surface area (Å²) in [5.74, 6) is 1.17. The molecule has 1 aromatic rings. The van der Waals surface area contributed by atoms with E-state index in [1.54, 1.807) is 0 Å². The fraction of sp³-hybridized carbons (Fsp3) is 0.667. The molecule has 2 saturated heterocycles. The summed E-state index contributed by atoms with van der Waals surface area (Å²) in [6, 6.07) is 11.1. The largest absolute Gasteiger partial charge is 0.390 e. The Kier molecular flexibility index (Phi) is 9.52. The van der Waals surface area contributed by atoms with Crippen LogP contribution in [0.2, 0.25) is 0 Å². The Morgan fingerprint density at radius 2 is 1.93 bits per heavy atom. The van der Waals surface area contributed by atoms with Crippen molar-refractivity contribution in [3.8, 4) is 0 Å². The second-order valence-corrected chi connectivity index (χ2v) is 7.76. The minimum Gasteiger partial charge on any atom is -0.357 e. The minimum absolute atomic E-state index is 0. The van der Waals surface area contributed by atoms with E-state index in [4.69, 9.17) is 0 Å². The summed E-state index contributed by atoms with van der Waals surface area (Å²) in [4.78, 5) is 9.00. The molecule has 1 N–H and O–H groups in total. The van der Waals surface area contributed by atoms with Crippen molar-refractivity contribution >= 4 is 29.9 Å². The molecule has 2 aliphatic heterocycles. The van der Waals surface area contributed by atoms with Gasteiger partial charge in [-0.1, -0.05) is 30.3 Å². The topological polar surface area (TPSA) is 30.9 Å². The van der Waals surface area contributed by atoms with Crippen LogP contribution < -0.4 is 5.32 Å². The van der Waals surface area contributed by atoms with Gasteiger partial charge in [0.15, 0.2) is 5.96 Å². The number of hydrogen-bond donors (Lipinski definition) is 1. The first kappa shape index (κ1) is 24.2. The molecule has 2 fully saturated rings. The van der Waals surface area contributed by atoms with E-state index >= 15 is 0 Å². The van der Waals surface area contributed by atoms with Crippen LogP contribution in [-0.4, -0.2) is 60.7 Å². The molecule has 0 amide bonds. The van der Waals surface area contributed by atoms with Gasteiger partial charge in [-0.2, -0.15) is 13.2 Å². The summed E-state index contributed by atoms with van der Waals surface area (Å²) in [7, 11) is 0. The molecule has 0 radical (unpaired) electrons. The maximum Gasteiger partial charge on any atom is 0.390 e. The monoisotopic (exact) mass is 524 g/mol. The van der Waals surface area contributed by atoms with E-state index in [1.165, 1.54) is 18.4 Å². The van der Waals surface area contributed by atoms with E-state index in [-0.39, 0.29) is 30.5 Å². The van der Waals surface area contributed by atoms with Gasteiger partial charge in [0.25, 0.3) is 0 Å². The van der Waals surface area contributed by atoms with Gasteiger partial charge in [-0.15, -0.1) is 24.0 Å². The van der Waals surface area contributed by atoms with Crippen LogP contribution in [-0.2, 0) is 6.54 Å². The highest BCUT2D eigenvalue weighted by atomic mass is 127. The van der Waals surface area contributed by atoms with Crippen molar-refractivity contribution in [2.45, 2.75) is 51.4 Å². The van der Waals surface area contributed by atoms with Gasteiger partial charge in [-0.05, 0) is 44.2 Å². The van der Waals surface area contributed by atoms with Gasteiger partial charge < -0.3 is 10.2 Å². The number of hydrogen-bond acceptors (Lipinski definition) is 2. The summed E-state index contributed by atoms with van der Waals surface area (Å²) < 4.78 is 37.4. The first-order valence-corrected chi connectivity index (χ1v) is 10.3. The van der Waals surface area contributed by atoms with E-state index in [1.807, 2.05) is 13.0 Å². The predicted molar refractivity (Wildman–Crippen MR) is 122 cm³/mol. The lowest BCUT2D eigenvalue weighted by atomic mass is 9.83. The average molecular weight is 524 g/mol. The van der Waals surface area contributed by atoms with Crippen molar-refractivity contribution in [2.75, 3.05) is 32.7 Å². The van der Waals surface area contributed by atoms with Gasteiger partial charge in [-0.25, -0.2) is 0 Å². The summed E-state index contributed by atoms with van der Waals surface area (Å²) >= 11 is 0. The molecule has 8 heteroatoms. The molecule has 2 heterocycles. The van der Waals surface area contributed by atoms with Crippen LogP contribution in [0.25, 0.3) is 0 Å². The number of nitrogens with one attached hydrogen (secondary N) is 1. The fourth-order valence-electron chi connectivity index (χ4n) is 4.43. The van der Waals surface area contributed by atoms with Crippen molar-refractivity contribution < 1.29 is 13.2 Å². The van der Waals surface area contributed by atoms with Gasteiger partial charge >= 0.3 is 6.18 Å². The Bertz CT molecular complexity index is 639. The Labute approximate surface area is 188 Å². The molecule has 2 unspecified atom stereocenters. The molecule has 3 rings (SSSR count). The zero-order valence-corrected chi connectivity index (χ0v) is 19.3. The number of alkyl halides is 3. The van der Waals surface area contributed by atoms with E-state index < -0.39 is 12.6 Å². The van der Waals surface area contributed by atoms with Gasteiger partial charge in [0.1, 0.15) is 0 Å². The van der Waals surface area contributed by atoms with Crippen LogP contribution in [0.1, 0.15) is 38.2 Å². The number of halogens is 4. The highest BCUT2D eigenvalue weighted by Crippen LogP contribution is 2.31. The Morgan fingerprint density at radius 1 is 1.17 bits per heavy atom. The normalized spacial score (nSPS) is 23.3. The van der Waals surface area contributed by atoms with E-state index in [9.17, 15) is 13.2 Å². The summed E-state index contributed by atoms with van der Waals surface area (Å²) in [5, 5.41) is 3.18.